The van der Waals surface area contributed by atoms with Gasteiger partial charge in [0.05, 0.1) is 19.1 Å². The Morgan fingerprint density at radius 2 is 2.33 bits per heavy atom. The smallest absolute Gasteiger partial charge is 0.320 e. The molecule has 2 amide bonds. The van der Waals surface area contributed by atoms with Gasteiger partial charge in [-0.15, -0.1) is 0 Å². The first-order valence-electron chi connectivity index (χ1n) is 7.29. The second-order valence-corrected chi connectivity index (χ2v) is 5.66. The zero-order valence-electron chi connectivity index (χ0n) is 12.3. The van der Waals surface area contributed by atoms with Gasteiger partial charge in [-0.3, -0.25) is 4.79 Å². The van der Waals surface area contributed by atoms with E-state index in [1.54, 1.807) is 24.5 Å². The maximum absolute atomic E-state index is 12.4. The van der Waals surface area contributed by atoms with Gasteiger partial charge in [0.15, 0.2) is 0 Å². The molecule has 6 heteroatoms. The Hall–Kier alpha value is -1.98. The Kier molecular flexibility index (Phi) is 5.25. The highest BCUT2D eigenvalue weighted by Gasteiger charge is 2.26. The molecular weight excluding hydrogens is 272 g/mol. The van der Waals surface area contributed by atoms with Crippen LogP contribution < -0.4 is 0 Å². The number of hydrogen-bond acceptors (Lipinski definition) is 3. The summed E-state index contributed by atoms with van der Waals surface area (Å²) in [6.07, 6.45) is 5.99. The van der Waals surface area contributed by atoms with E-state index in [0.29, 0.717) is 25.4 Å². The van der Waals surface area contributed by atoms with E-state index in [-0.39, 0.29) is 12.5 Å². The van der Waals surface area contributed by atoms with Crippen molar-refractivity contribution in [1.29, 1.82) is 0 Å². The molecule has 0 bridgehead atoms. The summed E-state index contributed by atoms with van der Waals surface area (Å²) in [5, 5.41) is 8.75. The molecule has 0 spiro atoms. The molecule has 116 valence electrons. The largest absolute Gasteiger partial charge is 0.481 e. The van der Waals surface area contributed by atoms with E-state index in [0.717, 1.165) is 24.9 Å². The van der Waals surface area contributed by atoms with E-state index in [2.05, 4.69) is 0 Å². The number of carbonyl (C=O) groups excluding carboxylic acids is 1. The van der Waals surface area contributed by atoms with E-state index in [1.165, 1.54) is 0 Å². The summed E-state index contributed by atoms with van der Waals surface area (Å²) in [7, 11) is 1.77. The number of carboxylic acids is 1. The van der Waals surface area contributed by atoms with Crippen LogP contribution in [0.4, 0.5) is 4.79 Å². The van der Waals surface area contributed by atoms with Crippen molar-refractivity contribution in [3.63, 3.8) is 0 Å². The first-order valence-corrected chi connectivity index (χ1v) is 7.29. The van der Waals surface area contributed by atoms with Gasteiger partial charge >= 0.3 is 12.0 Å². The number of urea groups is 1. The van der Waals surface area contributed by atoms with Crippen molar-refractivity contribution in [2.45, 2.75) is 32.2 Å². The minimum Gasteiger partial charge on any atom is -0.481 e. The molecule has 1 N–H and O–H groups in total. The molecule has 2 heterocycles. The van der Waals surface area contributed by atoms with Crippen LogP contribution in [0.15, 0.2) is 23.0 Å². The van der Waals surface area contributed by atoms with Crippen LogP contribution in [-0.2, 0) is 11.3 Å². The van der Waals surface area contributed by atoms with Gasteiger partial charge in [-0.25, -0.2) is 4.79 Å². The molecule has 0 radical (unpaired) electrons. The molecule has 1 fully saturated rings. The Bertz CT molecular complexity index is 472. The van der Waals surface area contributed by atoms with Crippen LogP contribution in [0, 0.1) is 5.92 Å². The van der Waals surface area contributed by atoms with Crippen molar-refractivity contribution in [2.75, 3.05) is 20.1 Å². The number of nitrogens with zero attached hydrogens (tertiary/aromatic N) is 2. The molecule has 1 aliphatic heterocycles. The van der Waals surface area contributed by atoms with E-state index in [4.69, 9.17) is 9.52 Å². The summed E-state index contributed by atoms with van der Waals surface area (Å²) >= 11 is 0. The Balaban J connectivity index is 1.84. The fourth-order valence-electron chi connectivity index (χ4n) is 2.77. The average molecular weight is 294 g/mol. The quantitative estimate of drug-likeness (QED) is 0.905. The number of rotatable bonds is 5. The minimum atomic E-state index is -0.768. The van der Waals surface area contributed by atoms with Gasteiger partial charge in [0.25, 0.3) is 0 Å². The number of carbonyl (C=O) groups is 2. The summed E-state index contributed by atoms with van der Waals surface area (Å²) in [6, 6.07) is 1.84. The third-order valence-corrected chi connectivity index (χ3v) is 3.88. The Morgan fingerprint density at radius 3 is 3.00 bits per heavy atom. The summed E-state index contributed by atoms with van der Waals surface area (Å²) in [6.45, 7) is 1.92. The Labute approximate surface area is 124 Å². The van der Waals surface area contributed by atoms with Gasteiger partial charge in [0.1, 0.15) is 0 Å². The average Bonchev–Trinajstić information content (AvgIpc) is 2.97. The van der Waals surface area contributed by atoms with Gasteiger partial charge in [0.2, 0.25) is 0 Å². The summed E-state index contributed by atoms with van der Waals surface area (Å²) in [4.78, 5) is 26.6. The van der Waals surface area contributed by atoms with E-state index < -0.39 is 5.97 Å². The maximum Gasteiger partial charge on any atom is 0.320 e. The van der Waals surface area contributed by atoms with E-state index in [1.807, 2.05) is 11.0 Å². The van der Waals surface area contributed by atoms with Crippen LogP contribution in [0.3, 0.4) is 0 Å². The van der Waals surface area contributed by atoms with Crippen molar-refractivity contribution >= 4 is 12.0 Å². The van der Waals surface area contributed by atoms with Crippen LogP contribution in [-0.4, -0.2) is 47.0 Å². The predicted octanol–water partition coefficient (Wildman–Crippen LogP) is 2.41. The number of likely N-dealkylation sites (tertiary alicyclic amines) is 1. The fourth-order valence-corrected chi connectivity index (χ4v) is 2.77. The summed E-state index contributed by atoms with van der Waals surface area (Å²) in [5.41, 5.74) is 0.963. The van der Waals surface area contributed by atoms with Gasteiger partial charge in [0, 0.05) is 32.1 Å². The molecule has 1 saturated heterocycles. The van der Waals surface area contributed by atoms with Crippen LogP contribution in [0.5, 0.6) is 0 Å². The number of piperidine rings is 1. The molecule has 1 unspecified atom stereocenters. The minimum absolute atomic E-state index is 0.00350. The normalized spacial score (nSPS) is 18.5. The van der Waals surface area contributed by atoms with Crippen molar-refractivity contribution in [1.82, 2.24) is 9.80 Å². The highest BCUT2D eigenvalue weighted by Crippen LogP contribution is 2.22. The number of aliphatic carboxylic acids is 1. The molecule has 1 aromatic rings. The van der Waals surface area contributed by atoms with Gasteiger partial charge < -0.3 is 19.3 Å². The molecule has 1 atom stereocenters. The SMILES string of the molecule is CN(Cc1ccoc1)C(=O)N1CCCC(CCC(=O)O)C1. The number of carboxylic acid groups (broad SMARTS) is 1. The zero-order chi connectivity index (χ0) is 15.2. The highest BCUT2D eigenvalue weighted by atomic mass is 16.4. The monoisotopic (exact) mass is 294 g/mol. The van der Waals surface area contributed by atoms with Gasteiger partial charge in [-0.05, 0) is 31.2 Å². The summed E-state index contributed by atoms with van der Waals surface area (Å²) in [5.74, 6) is -0.475. The lowest BCUT2D eigenvalue weighted by Gasteiger charge is -2.35. The first-order chi connectivity index (χ1) is 10.1. The topological polar surface area (TPSA) is 74.0 Å². The van der Waals surface area contributed by atoms with Crippen LogP contribution in [0.1, 0.15) is 31.2 Å². The summed E-state index contributed by atoms with van der Waals surface area (Å²) < 4.78 is 5.00. The molecule has 2 rings (SSSR count). The number of hydrogen-bond donors (Lipinski definition) is 1. The highest BCUT2D eigenvalue weighted by molar-refractivity contribution is 5.74. The van der Waals surface area contributed by atoms with Gasteiger partial charge in [-0.1, -0.05) is 0 Å². The number of furan rings is 1. The predicted molar refractivity (Wildman–Crippen MR) is 76.7 cm³/mol. The lowest BCUT2D eigenvalue weighted by molar-refractivity contribution is -0.137. The third kappa shape index (κ3) is 4.51. The van der Waals surface area contributed by atoms with E-state index >= 15 is 0 Å². The third-order valence-electron chi connectivity index (χ3n) is 3.88. The molecule has 1 aliphatic rings. The van der Waals surface area contributed by atoms with Crippen molar-refractivity contribution in [2.24, 2.45) is 5.92 Å². The standard InChI is InChI=1S/C15H22N2O4/c1-16(9-13-6-8-21-11-13)15(20)17-7-2-3-12(10-17)4-5-14(18)19/h6,8,11-12H,2-5,7,9-10H2,1H3,(H,18,19). The first kappa shape index (κ1) is 15.4. The maximum atomic E-state index is 12.4. The molecule has 0 aromatic carbocycles. The van der Waals surface area contributed by atoms with Crippen LogP contribution >= 0.6 is 0 Å². The molecule has 1 aromatic heterocycles. The molecular formula is C15H22N2O4. The Morgan fingerprint density at radius 1 is 1.52 bits per heavy atom. The van der Waals surface area contributed by atoms with Crippen LogP contribution in [0.2, 0.25) is 0 Å². The fraction of sp³-hybridized carbons (Fsp3) is 0.600. The van der Waals surface area contributed by atoms with Crippen LogP contribution in [0.25, 0.3) is 0 Å². The molecule has 0 saturated carbocycles. The molecule has 0 aliphatic carbocycles. The zero-order valence-corrected chi connectivity index (χ0v) is 12.3. The second kappa shape index (κ2) is 7.15. The van der Waals surface area contributed by atoms with Crippen molar-refractivity contribution in [3.05, 3.63) is 24.2 Å². The molecule has 6 nitrogen and oxygen atoms in total. The van der Waals surface area contributed by atoms with E-state index in [9.17, 15) is 9.59 Å². The lowest BCUT2D eigenvalue weighted by atomic mass is 9.93. The second-order valence-electron chi connectivity index (χ2n) is 5.66. The molecule has 21 heavy (non-hydrogen) atoms. The lowest BCUT2D eigenvalue weighted by Crippen LogP contribution is -2.46. The van der Waals surface area contributed by atoms with Gasteiger partial charge in [-0.2, -0.15) is 0 Å². The van der Waals surface area contributed by atoms with Crippen molar-refractivity contribution < 1.29 is 19.1 Å². The number of amides is 2. The van der Waals surface area contributed by atoms with Crippen molar-refractivity contribution in [3.8, 4) is 0 Å².